The molecule has 0 aliphatic carbocycles. The lowest BCUT2D eigenvalue weighted by Crippen LogP contribution is -2.13. The minimum Gasteiger partial charge on any atom is -0.394 e. The van der Waals surface area contributed by atoms with Gasteiger partial charge in [0.05, 0.1) is 12.7 Å². The van der Waals surface area contributed by atoms with Crippen LogP contribution in [0, 0.1) is 5.92 Å². The molecule has 0 saturated carbocycles. The van der Waals surface area contributed by atoms with Crippen LogP contribution in [0.15, 0.2) is 0 Å². The number of carbonyl (C=O) groups excluding carboxylic acids is 1. The van der Waals surface area contributed by atoms with Gasteiger partial charge < -0.3 is 10.2 Å². The highest BCUT2D eigenvalue weighted by Gasteiger charge is 2.08. The van der Waals surface area contributed by atoms with E-state index in [2.05, 4.69) is 0 Å². The Kier molecular flexibility index (Phi) is 5.93. The number of hydrogen-bond acceptors (Lipinski definition) is 3. The molecule has 0 radical (unpaired) electrons. The maximum Gasteiger partial charge on any atom is 0.135 e. The van der Waals surface area contributed by atoms with E-state index in [0.29, 0.717) is 19.3 Å². The number of ketones is 1. The van der Waals surface area contributed by atoms with Gasteiger partial charge in [0, 0.05) is 12.3 Å². The molecular formula is C9H18O3. The molecule has 0 unspecified atom stereocenters. The van der Waals surface area contributed by atoms with Crippen molar-refractivity contribution < 1.29 is 15.0 Å². The van der Waals surface area contributed by atoms with Crippen molar-refractivity contribution in [2.24, 2.45) is 5.92 Å². The molecule has 12 heavy (non-hydrogen) atoms. The van der Waals surface area contributed by atoms with Gasteiger partial charge >= 0.3 is 0 Å². The molecule has 0 amide bonds. The van der Waals surface area contributed by atoms with Crippen LogP contribution in [0.3, 0.4) is 0 Å². The summed E-state index contributed by atoms with van der Waals surface area (Å²) < 4.78 is 0. The average Bonchev–Trinajstić information content (AvgIpc) is 2.03. The second kappa shape index (κ2) is 6.14. The Labute approximate surface area is 73.4 Å². The monoisotopic (exact) mass is 174 g/mol. The van der Waals surface area contributed by atoms with Crippen molar-refractivity contribution in [1.82, 2.24) is 0 Å². The number of aliphatic hydroxyl groups excluding tert-OH is 2. The van der Waals surface area contributed by atoms with Crippen LogP contribution in [0.4, 0.5) is 0 Å². The first kappa shape index (κ1) is 11.6. The molecule has 72 valence electrons. The molecule has 0 bridgehead atoms. The van der Waals surface area contributed by atoms with Crippen molar-refractivity contribution in [3.05, 3.63) is 0 Å². The van der Waals surface area contributed by atoms with Gasteiger partial charge in [-0.1, -0.05) is 13.8 Å². The van der Waals surface area contributed by atoms with Crippen molar-refractivity contribution in [2.75, 3.05) is 6.61 Å². The van der Waals surface area contributed by atoms with E-state index < -0.39 is 6.10 Å². The minimum atomic E-state index is -0.662. The zero-order valence-electron chi connectivity index (χ0n) is 7.79. The highest BCUT2D eigenvalue weighted by molar-refractivity contribution is 5.80. The Balaban J connectivity index is 3.37. The van der Waals surface area contributed by atoms with E-state index >= 15 is 0 Å². The molecule has 0 aromatic carbocycles. The highest BCUT2D eigenvalue weighted by Crippen LogP contribution is 2.05. The Morgan fingerprint density at radius 1 is 1.42 bits per heavy atom. The Morgan fingerprint density at radius 3 is 2.42 bits per heavy atom. The van der Waals surface area contributed by atoms with Gasteiger partial charge in [-0.15, -0.1) is 0 Å². The second-order valence-electron chi connectivity index (χ2n) is 3.35. The summed E-state index contributed by atoms with van der Waals surface area (Å²) in [7, 11) is 0. The van der Waals surface area contributed by atoms with Gasteiger partial charge in [0.1, 0.15) is 5.78 Å². The van der Waals surface area contributed by atoms with Gasteiger partial charge in [0.2, 0.25) is 0 Å². The highest BCUT2D eigenvalue weighted by atomic mass is 16.3. The zero-order valence-corrected chi connectivity index (χ0v) is 7.79. The van der Waals surface area contributed by atoms with Crippen LogP contribution < -0.4 is 0 Å². The molecule has 0 heterocycles. The fourth-order valence-electron chi connectivity index (χ4n) is 0.892. The van der Waals surface area contributed by atoms with Gasteiger partial charge in [-0.25, -0.2) is 0 Å². The molecule has 0 saturated heterocycles. The maximum absolute atomic E-state index is 11.1. The Bertz CT molecular complexity index is 132. The molecule has 0 aromatic heterocycles. The molecule has 0 spiro atoms. The quantitative estimate of drug-likeness (QED) is 0.624. The summed E-state index contributed by atoms with van der Waals surface area (Å²) in [5.41, 5.74) is 0. The smallest absolute Gasteiger partial charge is 0.135 e. The van der Waals surface area contributed by atoms with Gasteiger partial charge in [0.15, 0.2) is 0 Å². The van der Waals surface area contributed by atoms with Crippen molar-refractivity contribution in [3.8, 4) is 0 Å². The molecule has 0 fully saturated rings. The fraction of sp³-hybridized carbons (Fsp3) is 0.889. The lowest BCUT2D eigenvalue weighted by molar-refractivity contribution is -0.122. The summed E-state index contributed by atoms with van der Waals surface area (Å²) >= 11 is 0. The SMILES string of the molecule is CC(C)C(=O)CCC[C@@H](O)CO. The van der Waals surface area contributed by atoms with Crippen LogP contribution in [0.25, 0.3) is 0 Å². The van der Waals surface area contributed by atoms with E-state index in [0.717, 1.165) is 0 Å². The topological polar surface area (TPSA) is 57.5 Å². The second-order valence-corrected chi connectivity index (χ2v) is 3.35. The first-order valence-corrected chi connectivity index (χ1v) is 4.39. The van der Waals surface area contributed by atoms with E-state index in [1.807, 2.05) is 13.8 Å². The lowest BCUT2D eigenvalue weighted by atomic mass is 10.0. The molecular weight excluding hydrogens is 156 g/mol. The average molecular weight is 174 g/mol. The molecule has 3 nitrogen and oxygen atoms in total. The van der Waals surface area contributed by atoms with Crippen molar-refractivity contribution in [3.63, 3.8) is 0 Å². The van der Waals surface area contributed by atoms with Crippen LogP contribution in [0.5, 0.6) is 0 Å². The first-order valence-electron chi connectivity index (χ1n) is 4.39. The standard InChI is InChI=1S/C9H18O3/c1-7(2)9(12)5-3-4-8(11)6-10/h7-8,10-11H,3-6H2,1-2H3/t8-/m1/s1. The normalized spacial score (nSPS) is 13.4. The van der Waals surface area contributed by atoms with Crippen LogP contribution in [0.1, 0.15) is 33.1 Å². The van der Waals surface area contributed by atoms with Crippen LogP contribution in [0.2, 0.25) is 0 Å². The Hall–Kier alpha value is -0.410. The number of Topliss-reactive ketones (excluding diaryl/α,β-unsaturated/α-hetero) is 1. The van der Waals surface area contributed by atoms with Gasteiger partial charge in [-0.2, -0.15) is 0 Å². The van der Waals surface area contributed by atoms with E-state index in [4.69, 9.17) is 10.2 Å². The summed E-state index contributed by atoms with van der Waals surface area (Å²) in [4.78, 5) is 11.1. The summed E-state index contributed by atoms with van der Waals surface area (Å²) in [6.07, 6.45) is 1.02. The van der Waals surface area contributed by atoms with Gasteiger partial charge in [-0.3, -0.25) is 4.79 Å². The summed E-state index contributed by atoms with van der Waals surface area (Å²) in [6, 6.07) is 0. The summed E-state index contributed by atoms with van der Waals surface area (Å²) in [6.45, 7) is 3.52. The summed E-state index contributed by atoms with van der Waals surface area (Å²) in [5, 5.41) is 17.4. The lowest BCUT2D eigenvalue weighted by Gasteiger charge is -2.06. The van der Waals surface area contributed by atoms with E-state index in [9.17, 15) is 4.79 Å². The molecule has 1 atom stereocenters. The minimum absolute atomic E-state index is 0.0799. The summed E-state index contributed by atoms with van der Waals surface area (Å²) in [5.74, 6) is 0.302. The molecule has 2 N–H and O–H groups in total. The van der Waals surface area contributed by atoms with Crippen LogP contribution in [-0.2, 0) is 4.79 Å². The van der Waals surface area contributed by atoms with Crippen molar-refractivity contribution >= 4 is 5.78 Å². The van der Waals surface area contributed by atoms with E-state index in [-0.39, 0.29) is 18.3 Å². The van der Waals surface area contributed by atoms with Gasteiger partial charge in [-0.05, 0) is 12.8 Å². The predicted octanol–water partition coefficient (Wildman–Crippen LogP) is 0.735. The third-order valence-corrected chi connectivity index (χ3v) is 1.82. The van der Waals surface area contributed by atoms with E-state index in [1.54, 1.807) is 0 Å². The van der Waals surface area contributed by atoms with Crippen LogP contribution in [-0.4, -0.2) is 28.7 Å². The number of carbonyl (C=O) groups is 1. The van der Waals surface area contributed by atoms with E-state index in [1.165, 1.54) is 0 Å². The maximum atomic E-state index is 11.1. The van der Waals surface area contributed by atoms with Gasteiger partial charge in [0.25, 0.3) is 0 Å². The third kappa shape index (κ3) is 5.27. The predicted molar refractivity (Wildman–Crippen MR) is 46.8 cm³/mol. The molecule has 0 rings (SSSR count). The zero-order chi connectivity index (χ0) is 9.56. The third-order valence-electron chi connectivity index (χ3n) is 1.82. The number of hydrogen-bond donors (Lipinski definition) is 2. The van der Waals surface area contributed by atoms with Crippen molar-refractivity contribution in [1.29, 1.82) is 0 Å². The fourth-order valence-corrected chi connectivity index (χ4v) is 0.892. The molecule has 0 aromatic rings. The molecule has 3 heteroatoms. The number of rotatable bonds is 6. The first-order chi connectivity index (χ1) is 5.57. The van der Waals surface area contributed by atoms with Crippen LogP contribution >= 0.6 is 0 Å². The Morgan fingerprint density at radius 2 is 2.00 bits per heavy atom. The molecule has 0 aliphatic heterocycles. The number of aliphatic hydroxyl groups is 2. The molecule has 0 aliphatic rings. The van der Waals surface area contributed by atoms with Crippen molar-refractivity contribution in [2.45, 2.75) is 39.2 Å². The largest absolute Gasteiger partial charge is 0.394 e.